The lowest BCUT2D eigenvalue weighted by atomic mass is 9.92. The molecule has 1 aliphatic heterocycles. The molecule has 1 aromatic rings. The van der Waals surface area contributed by atoms with Crippen molar-refractivity contribution in [3.8, 4) is 0 Å². The lowest BCUT2D eigenvalue weighted by molar-refractivity contribution is -0.526. The first-order chi connectivity index (χ1) is 7.24. The number of pyridine rings is 1. The van der Waals surface area contributed by atoms with Gasteiger partial charge in [-0.15, -0.1) is 0 Å². The van der Waals surface area contributed by atoms with Crippen molar-refractivity contribution >= 4 is 5.71 Å². The van der Waals surface area contributed by atoms with Crippen LogP contribution in [0.15, 0.2) is 24.5 Å². The minimum Gasteiger partial charge on any atom is -0.264 e. The van der Waals surface area contributed by atoms with Gasteiger partial charge in [-0.1, -0.05) is 20.4 Å². The van der Waals surface area contributed by atoms with Crippen molar-refractivity contribution < 1.29 is 4.58 Å². The Hall–Kier alpha value is -1.18. The van der Waals surface area contributed by atoms with Gasteiger partial charge in [0.1, 0.15) is 7.05 Å². The van der Waals surface area contributed by atoms with Gasteiger partial charge in [0.25, 0.3) is 0 Å². The highest BCUT2D eigenvalue weighted by molar-refractivity contribution is 5.87. The van der Waals surface area contributed by atoms with Crippen LogP contribution in [0, 0.1) is 0 Å². The van der Waals surface area contributed by atoms with Crippen LogP contribution in [0.2, 0.25) is 0 Å². The van der Waals surface area contributed by atoms with E-state index in [2.05, 4.69) is 36.5 Å². The summed E-state index contributed by atoms with van der Waals surface area (Å²) < 4.78 is 2.43. The summed E-state index contributed by atoms with van der Waals surface area (Å²) in [7, 11) is 2.21. The number of nitrogens with zero attached hydrogens (tertiary/aromatic N) is 2. The van der Waals surface area contributed by atoms with E-state index in [1.165, 1.54) is 12.0 Å². The van der Waals surface area contributed by atoms with E-state index in [1.54, 1.807) is 5.71 Å². The van der Waals surface area contributed by atoms with Gasteiger partial charge in [0.2, 0.25) is 0 Å². The minimum absolute atomic E-state index is 0. The molecule has 0 fully saturated rings. The Morgan fingerprint density at radius 3 is 2.81 bits per heavy atom. The van der Waals surface area contributed by atoms with E-state index in [4.69, 9.17) is 0 Å². The predicted octanol–water partition coefficient (Wildman–Crippen LogP) is 3.09. The van der Waals surface area contributed by atoms with E-state index in [0.29, 0.717) is 12.0 Å². The van der Waals surface area contributed by atoms with Crippen LogP contribution in [0.25, 0.3) is 0 Å². The molecule has 0 saturated carbocycles. The second-order valence-electron chi connectivity index (χ2n) is 4.38. The van der Waals surface area contributed by atoms with Crippen LogP contribution in [0.5, 0.6) is 0 Å². The first kappa shape index (κ1) is 12.9. The second kappa shape index (κ2) is 5.24. The van der Waals surface area contributed by atoms with Crippen molar-refractivity contribution in [3.63, 3.8) is 0 Å². The topological polar surface area (TPSA) is 15.9 Å². The fourth-order valence-corrected chi connectivity index (χ4v) is 2.57. The Labute approximate surface area is 99.0 Å². The Bertz CT molecular complexity index is 368. The summed E-state index contributed by atoms with van der Waals surface area (Å²) in [6, 6.07) is 4.88. The zero-order chi connectivity index (χ0) is 10.8. The van der Waals surface area contributed by atoms with Gasteiger partial charge in [0.15, 0.2) is 11.8 Å². The summed E-state index contributed by atoms with van der Waals surface area (Å²) in [6.45, 7) is 4.54. The number of rotatable bonds is 2. The molecule has 1 aromatic heterocycles. The van der Waals surface area contributed by atoms with Crippen molar-refractivity contribution in [2.45, 2.75) is 46.1 Å². The van der Waals surface area contributed by atoms with Gasteiger partial charge < -0.3 is 0 Å². The van der Waals surface area contributed by atoms with Gasteiger partial charge in [-0.05, 0) is 18.6 Å². The first-order valence-corrected chi connectivity index (χ1v) is 5.72. The lowest BCUT2D eigenvalue weighted by Crippen LogP contribution is -2.17. The highest BCUT2D eigenvalue weighted by Gasteiger charge is 2.35. The SMILES string of the molecule is C.CCC1=[N+](C)[C@H](C)C[C@@H]1c1cccnc1. The molecule has 2 rings (SSSR count). The number of hydrogen-bond acceptors (Lipinski definition) is 1. The second-order valence-corrected chi connectivity index (χ2v) is 4.38. The van der Waals surface area contributed by atoms with E-state index in [-0.39, 0.29) is 7.43 Å². The van der Waals surface area contributed by atoms with Crippen molar-refractivity contribution in [2.75, 3.05) is 7.05 Å². The van der Waals surface area contributed by atoms with E-state index in [0.717, 1.165) is 6.42 Å². The van der Waals surface area contributed by atoms with Crippen LogP contribution in [0.4, 0.5) is 0 Å². The molecular weight excluding hydrogens is 196 g/mol. The van der Waals surface area contributed by atoms with Crippen LogP contribution < -0.4 is 0 Å². The summed E-state index contributed by atoms with van der Waals surface area (Å²) in [4.78, 5) is 4.22. The van der Waals surface area contributed by atoms with Crippen molar-refractivity contribution in [2.24, 2.45) is 0 Å². The molecule has 0 saturated heterocycles. The van der Waals surface area contributed by atoms with Crippen LogP contribution in [-0.2, 0) is 0 Å². The van der Waals surface area contributed by atoms with Gasteiger partial charge in [-0.2, -0.15) is 0 Å². The van der Waals surface area contributed by atoms with Crippen molar-refractivity contribution in [3.05, 3.63) is 30.1 Å². The monoisotopic (exact) mass is 219 g/mol. The third-order valence-corrected chi connectivity index (χ3v) is 3.54. The fraction of sp³-hybridized carbons (Fsp3) is 0.571. The fourth-order valence-electron chi connectivity index (χ4n) is 2.57. The van der Waals surface area contributed by atoms with E-state index in [9.17, 15) is 0 Å². The number of aromatic nitrogens is 1. The molecule has 0 amide bonds. The summed E-state index contributed by atoms with van der Waals surface area (Å²) in [5, 5.41) is 0. The lowest BCUT2D eigenvalue weighted by Gasteiger charge is -2.07. The maximum Gasteiger partial charge on any atom is 0.159 e. The van der Waals surface area contributed by atoms with Crippen LogP contribution in [-0.4, -0.2) is 28.4 Å². The molecule has 0 radical (unpaired) electrons. The number of hydrogen-bond donors (Lipinski definition) is 0. The zero-order valence-corrected chi connectivity index (χ0v) is 9.77. The first-order valence-electron chi connectivity index (χ1n) is 5.72. The Kier molecular flexibility index (Phi) is 4.22. The van der Waals surface area contributed by atoms with Crippen LogP contribution >= 0.6 is 0 Å². The molecular formula is C14H23N2+. The van der Waals surface area contributed by atoms with E-state index < -0.39 is 0 Å². The Morgan fingerprint density at radius 1 is 1.50 bits per heavy atom. The van der Waals surface area contributed by atoms with E-state index >= 15 is 0 Å². The third kappa shape index (κ3) is 2.16. The van der Waals surface area contributed by atoms with Crippen LogP contribution in [0.3, 0.4) is 0 Å². The summed E-state index contributed by atoms with van der Waals surface area (Å²) in [5.41, 5.74) is 2.92. The van der Waals surface area contributed by atoms with Gasteiger partial charge >= 0.3 is 0 Å². The molecule has 0 aliphatic carbocycles. The molecule has 0 unspecified atom stereocenters. The van der Waals surface area contributed by atoms with Crippen molar-refractivity contribution in [1.29, 1.82) is 0 Å². The molecule has 0 aromatic carbocycles. The Morgan fingerprint density at radius 2 is 2.25 bits per heavy atom. The van der Waals surface area contributed by atoms with Gasteiger partial charge in [0.05, 0.1) is 5.92 Å². The maximum absolute atomic E-state index is 4.22. The minimum atomic E-state index is 0. The highest BCUT2D eigenvalue weighted by atomic mass is 15.0. The average Bonchev–Trinajstić information content (AvgIpc) is 2.56. The molecule has 0 bridgehead atoms. The molecule has 0 spiro atoms. The summed E-state index contributed by atoms with van der Waals surface area (Å²) in [6.07, 6.45) is 6.22. The standard InChI is InChI=1S/C13H19N2.CH4/c1-4-13-12(8-10(2)15(13)3)11-6-5-7-14-9-11;/h5-7,9-10,12H,4,8H2,1-3H3;1H4/q+1;/t10-,12-;/m1./s1. The molecule has 1 aliphatic rings. The molecule has 2 atom stereocenters. The normalized spacial score (nSPS) is 24.4. The smallest absolute Gasteiger partial charge is 0.159 e. The van der Waals surface area contributed by atoms with E-state index in [1.807, 2.05) is 18.5 Å². The van der Waals surface area contributed by atoms with Gasteiger partial charge in [0, 0.05) is 25.2 Å². The zero-order valence-electron chi connectivity index (χ0n) is 9.77. The van der Waals surface area contributed by atoms with Crippen LogP contribution in [0.1, 0.15) is 45.6 Å². The maximum atomic E-state index is 4.22. The quantitative estimate of drug-likeness (QED) is 0.698. The average molecular weight is 219 g/mol. The molecule has 16 heavy (non-hydrogen) atoms. The highest BCUT2D eigenvalue weighted by Crippen LogP contribution is 2.29. The van der Waals surface area contributed by atoms with Gasteiger partial charge in [-0.3, -0.25) is 4.98 Å². The van der Waals surface area contributed by atoms with Crippen molar-refractivity contribution in [1.82, 2.24) is 4.98 Å². The Balaban J connectivity index is 0.00000128. The summed E-state index contributed by atoms with van der Waals surface area (Å²) in [5.74, 6) is 0.587. The molecule has 0 N–H and O–H groups in total. The molecule has 2 nitrogen and oxygen atoms in total. The molecule has 2 heterocycles. The predicted molar refractivity (Wildman–Crippen MR) is 69.3 cm³/mol. The summed E-state index contributed by atoms with van der Waals surface area (Å²) >= 11 is 0. The molecule has 88 valence electrons. The largest absolute Gasteiger partial charge is 0.264 e. The molecule has 2 heteroatoms. The van der Waals surface area contributed by atoms with Gasteiger partial charge in [-0.25, -0.2) is 4.58 Å². The third-order valence-electron chi connectivity index (χ3n) is 3.54.